The lowest BCUT2D eigenvalue weighted by Crippen LogP contribution is -2.27. The molecule has 29 heavy (non-hydrogen) atoms. The number of ether oxygens (including phenoxy) is 3. The van der Waals surface area contributed by atoms with Crippen LogP contribution < -0.4 is 14.2 Å². The molecule has 150 valence electrons. The van der Waals surface area contributed by atoms with Gasteiger partial charge in [0.2, 0.25) is 5.75 Å². The van der Waals surface area contributed by atoms with Crippen molar-refractivity contribution in [2.45, 2.75) is 12.8 Å². The average Bonchev–Trinajstić information content (AvgIpc) is 3.31. The fourth-order valence-electron chi connectivity index (χ4n) is 3.82. The molecule has 1 saturated heterocycles. The van der Waals surface area contributed by atoms with Crippen LogP contribution in [0.25, 0.3) is 22.2 Å². The van der Waals surface area contributed by atoms with E-state index in [1.165, 1.54) is 0 Å². The minimum Gasteiger partial charge on any atom is -0.493 e. The molecule has 2 heterocycles. The Morgan fingerprint density at radius 1 is 0.931 bits per heavy atom. The Labute approximate surface area is 170 Å². The molecule has 3 aromatic rings. The maximum Gasteiger partial charge on any atom is 0.254 e. The smallest absolute Gasteiger partial charge is 0.254 e. The Morgan fingerprint density at radius 2 is 1.59 bits per heavy atom. The number of fused-ring (bicyclic) bond motifs is 1. The molecule has 0 atom stereocenters. The third kappa shape index (κ3) is 3.46. The van der Waals surface area contributed by atoms with Gasteiger partial charge in [-0.25, -0.2) is 4.98 Å². The first-order valence-electron chi connectivity index (χ1n) is 9.65. The van der Waals surface area contributed by atoms with Gasteiger partial charge in [-0.15, -0.1) is 0 Å². The van der Waals surface area contributed by atoms with Crippen molar-refractivity contribution in [3.05, 3.63) is 48.0 Å². The number of hydrogen-bond acceptors (Lipinski definition) is 5. The summed E-state index contributed by atoms with van der Waals surface area (Å²) < 4.78 is 16.4. The van der Waals surface area contributed by atoms with Crippen LogP contribution in [0.4, 0.5) is 0 Å². The van der Waals surface area contributed by atoms with Gasteiger partial charge in [0, 0.05) is 24.0 Å². The number of para-hydroxylation sites is 1. The predicted molar refractivity (Wildman–Crippen MR) is 112 cm³/mol. The summed E-state index contributed by atoms with van der Waals surface area (Å²) in [5, 5.41) is 0.862. The molecule has 6 heteroatoms. The lowest BCUT2D eigenvalue weighted by atomic mass is 10.0. The molecule has 1 fully saturated rings. The van der Waals surface area contributed by atoms with E-state index in [2.05, 4.69) is 0 Å². The molecule has 6 nitrogen and oxygen atoms in total. The summed E-state index contributed by atoms with van der Waals surface area (Å²) in [4.78, 5) is 19.9. The first kappa shape index (κ1) is 19.1. The number of rotatable bonds is 5. The SMILES string of the molecule is COc1cc(-c2cc(C(=O)N3CCCC3)c3ccccc3n2)cc(OC)c1OC. The van der Waals surface area contributed by atoms with E-state index in [9.17, 15) is 4.79 Å². The quantitative estimate of drug-likeness (QED) is 0.652. The number of carbonyl (C=O) groups excluding carboxylic acids is 1. The number of aromatic nitrogens is 1. The van der Waals surface area contributed by atoms with Crippen LogP contribution in [-0.4, -0.2) is 50.2 Å². The Kier molecular flexibility index (Phi) is 5.25. The second-order valence-corrected chi connectivity index (χ2v) is 6.99. The highest BCUT2D eigenvalue weighted by Gasteiger charge is 2.23. The van der Waals surface area contributed by atoms with Gasteiger partial charge >= 0.3 is 0 Å². The predicted octanol–water partition coefficient (Wildman–Crippen LogP) is 4.16. The lowest BCUT2D eigenvalue weighted by Gasteiger charge is -2.18. The van der Waals surface area contributed by atoms with Gasteiger partial charge in [0.25, 0.3) is 5.91 Å². The molecule has 0 spiro atoms. The van der Waals surface area contributed by atoms with Crippen molar-refractivity contribution < 1.29 is 19.0 Å². The van der Waals surface area contributed by atoms with E-state index >= 15 is 0 Å². The molecule has 1 aliphatic heterocycles. The van der Waals surface area contributed by atoms with Crippen LogP contribution in [0.5, 0.6) is 17.2 Å². The second-order valence-electron chi connectivity index (χ2n) is 6.99. The minimum atomic E-state index is 0.0507. The van der Waals surface area contributed by atoms with Crippen molar-refractivity contribution >= 4 is 16.8 Å². The van der Waals surface area contributed by atoms with E-state index in [1.807, 2.05) is 47.4 Å². The van der Waals surface area contributed by atoms with Crippen LogP contribution in [0.15, 0.2) is 42.5 Å². The molecule has 0 unspecified atom stereocenters. The molecule has 0 radical (unpaired) electrons. The largest absolute Gasteiger partial charge is 0.493 e. The third-order valence-electron chi connectivity index (χ3n) is 5.30. The summed E-state index contributed by atoms with van der Waals surface area (Å²) in [6.45, 7) is 1.60. The fraction of sp³-hybridized carbons (Fsp3) is 0.304. The summed E-state index contributed by atoms with van der Waals surface area (Å²) in [6.07, 6.45) is 2.10. The van der Waals surface area contributed by atoms with Gasteiger partial charge in [-0.2, -0.15) is 0 Å². The van der Waals surface area contributed by atoms with Crippen molar-refractivity contribution in [1.82, 2.24) is 9.88 Å². The number of nitrogens with zero attached hydrogens (tertiary/aromatic N) is 2. The number of amides is 1. The Balaban J connectivity index is 1.90. The van der Waals surface area contributed by atoms with Gasteiger partial charge < -0.3 is 19.1 Å². The molecular weight excluding hydrogens is 368 g/mol. The van der Waals surface area contributed by atoms with Gasteiger partial charge in [-0.1, -0.05) is 18.2 Å². The van der Waals surface area contributed by atoms with E-state index in [-0.39, 0.29) is 5.91 Å². The van der Waals surface area contributed by atoms with Crippen molar-refractivity contribution in [2.24, 2.45) is 0 Å². The van der Waals surface area contributed by atoms with E-state index < -0.39 is 0 Å². The number of likely N-dealkylation sites (tertiary alicyclic amines) is 1. The Hall–Kier alpha value is -3.28. The van der Waals surface area contributed by atoms with Crippen LogP contribution in [0, 0.1) is 0 Å². The topological polar surface area (TPSA) is 60.9 Å². The molecule has 4 rings (SSSR count). The van der Waals surface area contributed by atoms with Gasteiger partial charge in [0.05, 0.1) is 38.1 Å². The summed E-state index contributed by atoms with van der Waals surface area (Å²) in [7, 11) is 4.73. The number of carbonyl (C=O) groups is 1. The molecule has 1 aromatic heterocycles. The minimum absolute atomic E-state index is 0.0507. The molecule has 0 N–H and O–H groups in total. The average molecular weight is 392 g/mol. The molecule has 0 saturated carbocycles. The molecular formula is C23H24N2O4. The van der Waals surface area contributed by atoms with Crippen LogP contribution in [0.1, 0.15) is 23.2 Å². The van der Waals surface area contributed by atoms with Crippen molar-refractivity contribution in [3.8, 4) is 28.5 Å². The highest BCUT2D eigenvalue weighted by molar-refractivity contribution is 6.07. The van der Waals surface area contributed by atoms with Crippen molar-refractivity contribution in [3.63, 3.8) is 0 Å². The summed E-state index contributed by atoms with van der Waals surface area (Å²) in [6, 6.07) is 13.3. The summed E-state index contributed by atoms with van der Waals surface area (Å²) in [5.74, 6) is 1.66. The first-order valence-corrected chi connectivity index (χ1v) is 9.65. The highest BCUT2D eigenvalue weighted by Crippen LogP contribution is 2.41. The molecule has 0 aliphatic carbocycles. The zero-order chi connectivity index (χ0) is 20.4. The van der Waals surface area contributed by atoms with Gasteiger partial charge in [0.1, 0.15) is 0 Å². The third-order valence-corrected chi connectivity index (χ3v) is 5.30. The maximum absolute atomic E-state index is 13.2. The van der Waals surface area contributed by atoms with Gasteiger partial charge in [0.15, 0.2) is 11.5 Å². The summed E-state index contributed by atoms with van der Waals surface area (Å²) >= 11 is 0. The number of methoxy groups -OCH3 is 3. The Morgan fingerprint density at radius 3 is 2.21 bits per heavy atom. The molecule has 0 bridgehead atoms. The normalized spacial score (nSPS) is 13.6. The van der Waals surface area contributed by atoms with Gasteiger partial charge in [-0.05, 0) is 37.1 Å². The van der Waals surface area contributed by atoms with E-state index in [0.717, 1.165) is 42.4 Å². The lowest BCUT2D eigenvalue weighted by molar-refractivity contribution is 0.0794. The van der Waals surface area contributed by atoms with E-state index in [4.69, 9.17) is 19.2 Å². The number of pyridine rings is 1. The zero-order valence-electron chi connectivity index (χ0n) is 16.9. The van der Waals surface area contributed by atoms with Crippen LogP contribution in [0.3, 0.4) is 0 Å². The molecule has 1 amide bonds. The highest BCUT2D eigenvalue weighted by atomic mass is 16.5. The van der Waals surface area contributed by atoms with Crippen LogP contribution >= 0.6 is 0 Å². The standard InChI is InChI=1S/C23H24N2O4/c1-27-20-12-15(13-21(28-2)22(20)29-3)19-14-17(23(26)25-10-6-7-11-25)16-8-4-5-9-18(16)24-19/h4-5,8-9,12-14H,6-7,10-11H2,1-3H3. The molecule has 2 aromatic carbocycles. The number of hydrogen-bond donors (Lipinski definition) is 0. The van der Waals surface area contributed by atoms with Crippen molar-refractivity contribution in [1.29, 1.82) is 0 Å². The Bertz CT molecular complexity index is 1030. The fourth-order valence-corrected chi connectivity index (χ4v) is 3.82. The number of benzene rings is 2. The van der Waals surface area contributed by atoms with Crippen LogP contribution in [0.2, 0.25) is 0 Å². The second kappa shape index (κ2) is 7.99. The molecule has 1 aliphatic rings. The van der Waals surface area contributed by atoms with E-state index in [1.54, 1.807) is 21.3 Å². The van der Waals surface area contributed by atoms with E-state index in [0.29, 0.717) is 28.5 Å². The van der Waals surface area contributed by atoms with Crippen molar-refractivity contribution in [2.75, 3.05) is 34.4 Å². The monoisotopic (exact) mass is 392 g/mol. The zero-order valence-corrected chi connectivity index (χ0v) is 16.9. The maximum atomic E-state index is 13.2. The first-order chi connectivity index (χ1) is 14.2. The van der Waals surface area contributed by atoms with Crippen LogP contribution in [-0.2, 0) is 0 Å². The summed E-state index contributed by atoms with van der Waals surface area (Å²) in [5.41, 5.74) is 2.92. The van der Waals surface area contributed by atoms with Gasteiger partial charge in [-0.3, -0.25) is 4.79 Å².